The molecule has 110 valence electrons. The summed E-state index contributed by atoms with van der Waals surface area (Å²) in [5.41, 5.74) is 13.7. The molecule has 0 fully saturated rings. The van der Waals surface area contributed by atoms with E-state index in [-0.39, 0.29) is 28.4 Å². The predicted molar refractivity (Wildman–Crippen MR) is 82.9 cm³/mol. The minimum Gasteiger partial charge on any atom is -0.508 e. The number of thioether (sulfide) groups is 1. The third-order valence-electron chi connectivity index (χ3n) is 4.12. The molecule has 0 bridgehead atoms. The van der Waals surface area contributed by atoms with E-state index in [1.807, 2.05) is 12.1 Å². The van der Waals surface area contributed by atoms with Crippen LogP contribution in [0.4, 0.5) is 0 Å². The van der Waals surface area contributed by atoms with Crippen LogP contribution in [0.25, 0.3) is 0 Å². The molecule has 0 saturated heterocycles. The van der Waals surface area contributed by atoms with Crippen molar-refractivity contribution in [3.63, 3.8) is 0 Å². The van der Waals surface area contributed by atoms with Crippen LogP contribution in [0.15, 0.2) is 18.2 Å². The van der Waals surface area contributed by atoms with Crippen LogP contribution in [-0.4, -0.2) is 28.1 Å². The molecule has 0 heterocycles. The normalized spacial score (nSPS) is 24.1. The van der Waals surface area contributed by atoms with Crippen molar-refractivity contribution in [2.45, 2.75) is 43.4 Å². The van der Waals surface area contributed by atoms with E-state index >= 15 is 0 Å². The average Bonchev–Trinajstić information content (AvgIpc) is 2.36. The lowest BCUT2D eigenvalue weighted by Crippen LogP contribution is -2.52. The van der Waals surface area contributed by atoms with Crippen molar-refractivity contribution in [3.05, 3.63) is 29.3 Å². The number of amides is 1. The predicted octanol–water partition coefficient (Wildman–Crippen LogP) is 1.53. The first kappa shape index (κ1) is 15.2. The van der Waals surface area contributed by atoms with Gasteiger partial charge in [0, 0.05) is 28.9 Å². The number of nitrogens with two attached hydrogens (primary N) is 2. The molecule has 4 nitrogen and oxygen atoms in total. The number of phenols is 1. The Balaban J connectivity index is 2.20. The van der Waals surface area contributed by atoms with Gasteiger partial charge in [0.1, 0.15) is 5.75 Å². The van der Waals surface area contributed by atoms with Gasteiger partial charge in [-0.3, -0.25) is 4.79 Å². The van der Waals surface area contributed by atoms with Crippen molar-refractivity contribution in [3.8, 4) is 5.75 Å². The SMILES string of the molecule is CC1(C)c2cc(O)ccc2CC(SCCC(N)=O)C1N. The first-order chi connectivity index (χ1) is 9.32. The highest BCUT2D eigenvalue weighted by Crippen LogP contribution is 2.41. The van der Waals surface area contributed by atoms with Crippen molar-refractivity contribution in [2.75, 3.05) is 5.75 Å². The lowest BCUT2D eigenvalue weighted by molar-refractivity contribution is -0.117. The fourth-order valence-electron chi connectivity index (χ4n) is 2.80. The fourth-order valence-corrected chi connectivity index (χ4v) is 4.27. The van der Waals surface area contributed by atoms with Crippen molar-refractivity contribution >= 4 is 17.7 Å². The molecule has 0 saturated carbocycles. The van der Waals surface area contributed by atoms with Crippen LogP contribution >= 0.6 is 11.8 Å². The zero-order valence-corrected chi connectivity index (χ0v) is 12.7. The summed E-state index contributed by atoms with van der Waals surface area (Å²) in [6.07, 6.45) is 1.25. The average molecular weight is 294 g/mol. The molecule has 20 heavy (non-hydrogen) atoms. The maximum absolute atomic E-state index is 10.8. The number of primary amides is 1. The largest absolute Gasteiger partial charge is 0.508 e. The van der Waals surface area contributed by atoms with Gasteiger partial charge in [0.2, 0.25) is 5.91 Å². The van der Waals surface area contributed by atoms with Gasteiger partial charge in [-0.05, 0) is 29.7 Å². The molecule has 2 unspecified atom stereocenters. The fraction of sp³-hybridized carbons (Fsp3) is 0.533. The van der Waals surface area contributed by atoms with Crippen LogP contribution in [0.1, 0.15) is 31.4 Å². The summed E-state index contributed by atoms with van der Waals surface area (Å²) in [7, 11) is 0. The number of fused-ring (bicyclic) bond motifs is 1. The smallest absolute Gasteiger partial charge is 0.218 e. The van der Waals surface area contributed by atoms with Gasteiger partial charge in [-0.1, -0.05) is 19.9 Å². The lowest BCUT2D eigenvalue weighted by atomic mass is 9.69. The molecule has 5 heteroatoms. The van der Waals surface area contributed by atoms with E-state index in [9.17, 15) is 9.90 Å². The number of benzene rings is 1. The maximum atomic E-state index is 10.8. The molecule has 1 aliphatic rings. The Hall–Kier alpha value is -1.20. The van der Waals surface area contributed by atoms with E-state index in [2.05, 4.69) is 13.8 Å². The van der Waals surface area contributed by atoms with E-state index in [4.69, 9.17) is 11.5 Å². The van der Waals surface area contributed by atoms with E-state index in [0.29, 0.717) is 12.2 Å². The lowest BCUT2D eigenvalue weighted by Gasteiger charge is -2.43. The summed E-state index contributed by atoms with van der Waals surface area (Å²) in [5.74, 6) is 0.715. The number of carbonyl (C=O) groups excluding carboxylic acids is 1. The minimum atomic E-state index is -0.272. The molecule has 0 spiro atoms. The summed E-state index contributed by atoms with van der Waals surface area (Å²) < 4.78 is 0. The molecule has 0 aliphatic heterocycles. The van der Waals surface area contributed by atoms with Gasteiger partial charge in [-0.15, -0.1) is 0 Å². The molecule has 1 aromatic rings. The second kappa shape index (κ2) is 5.66. The van der Waals surface area contributed by atoms with E-state index in [1.54, 1.807) is 17.8 Å². The van der Waals surface area contributed by atoms with Crippen molar-refractivity contribution in [1.82, 2.24) is 0 Å². The van der Waals surface area contributed by atoms with E-state index < -0.39 is 0 Å². The molecule has 1 aliphatic carbocycles. The summed E-state index contributed by atoms with van der Waals surface area (Å²) in [6.45, 7) is 4.22. The number of aromatic hydroxyl groups is 1. The monoisotopic (exact) mass is 294 g/mol. The Morgan fingerprint density at radius 3 is 2.85 bits per heavy atom. The summed E-state index contributed by atoms with van der Waals surface area (Å²) in [5, 5.41) is 9.94. The molecule has 2 rings (SSSR count). The maximum Gasteiger partial charge on any atom is 0.218 e. The summed E-state index contributed by atoms with van der Waals surface area (Å²) >= 11 is 1.72. The van der Waals surface area contributed by atoms with Gasteiger partial charge in [0.25, 0.3) is 0 Å². The Morgan fingerprint density at radius 2 is 2.20 bits per heavy atom. The molecule has 0 aromatic heterocycles. The van der Waals surface area contributed by atoms with Crippen LogP contribution in [-0.2, 0) is 16.6 Å². The van der Waals surface area contributed by atoms with Crippen LogP contribution in [0, 0.1) is 0 Å². The van der Waals surface area contributed by atoms with Gasteiger partial charge in [0.15, 0.2) is 0 Å². The van der Waals surface area contributed by atoms with Gasteiger partial charge in [-0.2, -0.15) is 11.8 Å². The Kier molecular flexibility index (Phi) is 4.30. The minimum absolute atomic E-state index is 0.0188. The van der Waals surface area contributed by atoms with Crippen LogP contribution in [0.2, 0.25) is 0 Å². The van der Waals surface area contributed by atoms with Crippen LogP contribution in [0.3, 0.4) is 0 Å². The number of rotatable bonds is 4. The third-order valence-corrected chi connectivity index (χ3v) is 5.45. The molecule has 5 N–H and O–H groups in total. The molecule has 0 radical (unpaired) electrons. The van der Waals surface area contributed by atoms with Gasteiger partial charge in [0.05, 0.1) is 0 Å². The first-order valence-corrected chi connectivity index (χ1v) is 7.85. The molecular weight excluding hydrogens is 272 g/mol. The van der Waals surface area contributed by atoms with E-state index in [1.165, 1.54) is 5.56 Å². The van der Waals surface area contributed by atoms with E-state index in [0.717, 1.165) is 12.0 Å². The molecule has 2 atom stereocenters. The number of carbonyl (C=O) groups is 1. The quantitative estimate of drug-likeness (QED) is 0.785. The van der Waals surface area contributed by atoms with Gasteiger partial charge >= 0.3 is 0 Å². The Labute approximate surface area is 123 Å². The number of hydrogen-bond donors (Lipinski definition) is 3. The zero-order chi connectivity index (χ0) is 14.9. The number of phenolic OH excluding ortho intramolecular Hbond substituents is 1. The van der Waals surface area contributed by atoms with Gasteiger partial charge in [-0.25, -0.2) is 0 Å². The molecular formula is C15H22N2O2S. The highest BCUT2D eigenvalue weighted by molar-refractivity contribution is 8.00. The van der Waals surface area contributed by atoms with Crippen molar-refractivity contribution < 1.29 is 9.90 Å². The topological polar surface area (TPSA) is 89.3 Å². The highest BCUT2D eigenvalue weighted by Gasteiger charge is 2.40. The number of hydrogen-bond acceptors (Lipinski definition) is 4. The molecule has 1 amide bonds. The Bertz CT molecular complexity index is 517. The summed E-state index contributed by atoms with van der Waals surface area (Å²) in [4.78, 5) is 10.8. The van der Waals surface area contributed by atoms with Crippen LogP contribution in [0.5, 0.6) is 5.75 Å². The molecule has 1 aromatic carbocycles. The van der Waals surface area contributed by atoms with Crippen LogP contribution < -0.4 is 11.5 Å². The Morgan fingerprint density at radius 1 is 1.50 bits per heavy atom. The standard InChI is InChI=1S/C15H22N2O2S/c1-15(2)11-8-10(18)4-3-9(11)7-12(14(15)17)20-6-5-13(16)19/h3-4,8,12,14,18H,5-7,17H2,1-2H3,(H2,16,19). The first-order valence-electron chi connectivity index (χ1n) is 6.80. The van der Waals surface area contributed by atoms with Crippen molar-refractivity contribution in [2.24, 2.45) is 11.5 Å². The van der Waals surface area contributed by atoms with Gasteiger partial charge < -0.3 is 16.6 Å². The third kappa shape index (κ3) is 2.94. The highest BCUT2D eigenvalue weighted by atomic mass is 32.2. The second-order valence-electron chi connectivity index (χ2n) is 5.92. The summed E-state index contributed by atoms with van der Waals surface area (Å²) in [6, 6.07) is 5.49. The van der Waals surface area contributed by atoms with Crippen molar-refractivity contribution in [1.29, 1.82) is 0 Å². The second-order valence-corrected chi connectivity index (χ2v) is 7.27. The zero-order valence-electron chi connectivity index (χ0n) is 11.9.